The molecule has 0 aliphatic carbocycles. The topological polar surface area (TPSA) is 49.4 Å². The molecule has 122 valence electrons. The summed E-state index contributed by atoms with van der Waals surface area (Å²) in [5.41, 5.74) is -5.99. The van der Waals surface area contributed by atoms with Gasteiger partial charge in [0.2, 0.25) is 11.8 Å². The predicted octanol–water partition coefficient (Wildman–Crippen LogP) is 2.39. The Morgan fingerprint density at radius 2 is 1.76 bits per heavy atom. The van der Waals surface area contributed by atoms with E-state index in [0.29, 0.717) is 0 Å². The van der Waals surface area contributed by atoms with Crippen LogP contribution in [0.2, 0.25) is 0 Å². The van der Waals surface area contributed by atoms with Crippen LogP contribution >= 0.6 is 11.8 Å². The Bertz CT molecular complexity index is 430. The molecule has 1 saturated heterocycles. The van der Waals surface area contributed by atoms with E-state index in [1.807, 2.05) is 0 Å². The fraction of sp³-hybridized carbons (Fsp3) is 0.846. The van der Waals surface area contributed by atoms with Gasteiger partial charge in [0.15, 0.2) is 0 Å². The van der Waals surface area contributed by atoms with Crippen molar-refractivity contribution in [3.63, 3.8) is 0 Å². The second-order valence-corrected chi connectivity index (χ2v) is 7.78. The number of halogens is 3. The van der Waals surface area contributed by atoms with Crippen LogP contribution in [0.5, 0.6) is 0 Å². The summed E-state index contributed by atoms with van der Waals surface area (Å²) >= 11 is -0.186. The lowest BCUT2D eigenvalue weighted by Gasteiger charge is -2.47. The number of thioether (sulfide) groups is 1. The Kier molecular flexibility index (Phi) is 4.92. The molecule has 1 fully saturated rings. The van der Waals surface area contributed by atoms with Gasteiger partial charge in [-0.05, 0) is 31.0 Å². The van der Waals surface area contributed by atoms with Crippen LogP contribution in [0, 0.1) is 5.41 Å². The molecular weight excluding hydrogens is 305 g/mol. The van der Waals surface area contributed by atoms with Crippen molar-refractivity contribution in [3.05, 3.63) is 0 Å². The maximum absolute atomic E-state index is 12.5. The lowest BCUT2D eigenvalue weighted by atomic mass is 9.82. The fourth-order valence-electron chi connectivity index (χ4n) is 2.15. The second-order valence-electron chi connectivity index (χ2n) is 6.62. The van der Waals surface area contributed by atoms with Crippen molar-refractivity contribution in [3.8, 4) is 0 Å². The Labute approximate surface area is 126 Å². The van der Waals surface area contributed by atoms with Crippen LogP contribution in [0.1, 0.15) is 34.6 Å². The summed E-state index contributed by atoms with van der Waals surface area (Å²) in [4.78, 5) is 25.9. The highest BCUT2D eigenvalue weighted by Crippen LogP contribution is 2.32. The summed E-state index contributed by atoms with van der Waals surface area (Å²) in [5.74, 6) is -0.975. The number of hydrogen-bond donors (Lipinski definition) is 1. The Morgan fingerprint density at radius 3 is 2.19 bits per heavy atom. The third kappa shape index (κ3) is 4.28. The van der Waals surface area contributed by atoms with E-state index in [9.17, 15) is 22.8 Å². The van der Waals surface area contributed by atoms with Gasteiger partial charge in [0.1, 0.15) is 11.6 Å². The molecule has 21 heavy (non-hydrogen) atoms. The number of nitrogens with zero attached hydrogens (tertiary/aromatic N) is 1. The van der Waals surface area contributed by atoms with E-state index in [4.69, 9.17) is 0 Å². The number of rotatable bonds is 3. The lowest BCUT2D eigenvalue weighted by Crippen LogP contribution is -2.71. The molecule has 1 N–H and O–H groups in total. The standard InChI is InChI=1S/C13H21F3N2O2S/c1-11(2,3)8-9(19)18(6-7-21-13(14,15)16)12(4,5)10(20)17-8/h8H,6-7H2,1-5H3,(H,17,20). The molecule has 8 heteroatoms. The maximum atomic E-state index is 12.5. The fourth-order valence-corrected chi connectivity index (χ4v) is 2.66. The first kappa shape index (κ1) is 18.1. The smallest absolute Gasteiger partial charge is 0.342 e. The van der Waals surface area contributed by atoms with Gasteiger partial charge in [-0.25, -0.2) is 0 Å². The van der Waals surface area contributed by atoms with Gasteiger partial charge >= 0.3 is 5.51 Å². The van der Waals surface area contributed by atoms with Crippen LogP contribution in [0.3, 0.4) is 0 Å². The molecule has 1 aliphatic heterocycles. The Balaban J connectivity index is 2.90. The van der Waals surface area contributed by atoms with Crippen LogP contribution in [0.25, 0.3) is 0 Å². The predicted molar refractivity (Wildman–Crippen MR) is 75.7 cm³/mol. The summed E-state index contributed by atoms with van der Waals surface area (Å²) in [6.07, 6.45) is 0. The van der Waals surface area contributed by atoms with Crippen LogP contribution < -0.4 is 5.32 Å². The van der Waals surface area contributed by atoms with Crippen LogP contribution in [0.4, 0.5) is 13.2 Å². The van der Waals surface area contributed by atoms with Gasteiger partial charge in [0.25, 0.3) is 0 Å². The van der Waals surface area contributed by atoms with Crippen molar-refractivity contribution in [1.82, 2.24) is 10.2 Å². The third-order valence-electron chi connectivity index (χ3n) is 3.47. The minimum Gasteiger partial charge on any atom is -0.342 e. The second kappa shape index (κ2) is 5.70. The first-order valence-electron chi connectivity index (χ1n) is 6.60. The summed E-state index contributed by atoms with van der Waals surface area (Å²) < 4.78 is 36.7. The Hall–Kier alpha value is -0.920. The monoisotopic (exact) mass is 326 g/mol. The molecule has 1 unspecified atom stereocenters. The highest BCUT2D eigenvalue weighted by Gasteiger charge is 2.49. The molecular formula is C13H21F3N2O2S. The number of alkyl halides is 3. The van der Waals surface area contributed by atoms with Gasteiger partial charge in [-0.2, -0.15) is 13.2 Å². The summed E-state index contributed by atoms with van der Waals surface area (Å²) in [6.45, 7) is 8.37. The highest BCUT2D eigenvalue weighted by atomic mass is 32.2. The van der Waals surface area contributed by atoms with Crippen LogP contribution in [-0.4, -0.2) is 46.1 Å². The largest absolute Gasteiger partial charge is 0.441 e. The molecule has 2 amide bonds. The molecule has 0 bridgehead atoms. The average molecular weight is 326 g/mol. The van der Waals surface area contributed by atoms with Crippen molar-refractivity contribution in [2.75, 3.05) is 12.3 Å². The van der Waals surface area contributed by atoms with Crippen molar-refractivity contribution >= 4 is 23.6 Å². The quantitative estimate of drug-likeness (QED) is 0.866. The number of carbonyl (C=O) groups is 2. The van der Waals surface area contributed by atoms with Crippen LogP contribution in [-0.2, 0) is 9.59 Å². The minimum absolute atomic E-state index is 0.115. The SMILES string of the molecule is CC(C)(C)C1NC(=O)C(C)(C)N(CCSC(F)(F)F)C1=O. The first-order valence-corrected chi connectivity index (χ1v) is 7.58. The van der Waals surface area contributed by atoms with Gasteiger partial charge < -0.3 is 10.2 Å². The zero-order chi connectivity index (χ0) is 16.6. The van der Waals surface area contributed by atoms with E-state index in [0.717, 1.165) is 0 Å². The Morgan fingerprint density at radius 1 is 1.24 bits per heavy atom. The molecule has 1 aliphatic rings. The average Bonchev–Trinajstić information content (AvgIpc) is 2.25. The third-order valence-corrected chi connectivity index (χ3v) is 4.18. The first-order chi connectivity index (χ1) is 9.27. The van der Waals surface area contributed by atoms with E-state index in [1.165, 1.54) is 18.7 Å². The van der Waals surface area contributed by atoms with Crippen molar-refractivity contribution in [2.45, 2.75) is 51.7 Å². The molecule has 0 saturated carbocycles. The molecule has 0 aromatic rings. The maximum Gasteiger partial charge on any atom is 0.441 e. The van der Waals surface area contributed by atoms with Crippen molar-refractivity contribution in [2.24, 2.45) is 5.41 Å². The highest BCUT2D eigenvalue weighted by molar-refractivity contribution is 8.00. The van der Waals surface area contributed by atoms with Gasteiger partial charge in [-0.15, -0.1) is 0 Å². The minimum atomic E-state index is -4.34. The van der Waals surface area contributed by atoms with E-state index in [-0.39, 0.29) is 35.9 Å². The normalized spacial score (nSPS) is 23.2. The van der Waals surface area contributed by atoms with E-state index in [2.05, 4.69) is 5.32 Å². The molecule has 1 heterocycles. The van der Waals surface area contributed by atoms with E-state index < -0.39 is 22.5 Å². The summed E-state index contributed by atoms with van der Waals surface area (Å²) in [6, 6.07) is -0.728. The summed E-state index contributed by atoms with van der Waals surface area (Å²) in [5, 5.41) is 2.67. The molecule has 0 aromatic heterocycles. The number of carbonyl (C=O) groups excluding carboxylic acids is 2. The van der Waals surface area contributed by atoms with Crippen molar-refractivity contribution < 1.29 is 22.8 Å². The lowest BCUT2D eigenvalue weighted by molar-refractivity contribution is -0.157. The molecule has 4 nitrogen and oxygen atoms in total. The molecule has 0 spiro atoms. The van der Waals surface area contributed by atoms with Gasteiger partial charge in [-0.1, -0.05) is 20.8 Å². The zero-order valence-electron chi connectivity index (χ0n) is 12.8. The van der Waals surface area contributed by atoms with Crippen LogP contribution in [0.15, 0.2) is 0 Å². The van der Waals surface area contributed by atoms with E-state index >= 15 is 0 Å². The van der Waals surface area contributed by atoms with Crippen molar-refractivity contribution in [1.29, 1.82) is 0 Å². The number of hydrogen-bond acceptors (Lipinski definition) is 3. The number of piperazine rings is 1. The molecule has 0 radical (unpaired) electrons. The zero-order valence-corrected chi connectivity index (χ0v) is 13.6. The molecule has 1 atom stereocenters. The van der Waals surface area contributed by atoms with Gasteiger partial charge in [0.05, 0.1) is 0 Å². The summed E-state index contributed by atoms with van der Waals surface area (Å²) in [7, 11) is 0. The molecule has 0 aromatic carbocycles. The number of nitrogens with one attached hydrogen (secondary N) is 1. The van der Waals surface area contributed by atoms with Gasteiger partial charge in [0, 0.05) is 12.3 Å². The molecule has 1 rings (SSSR count). The number of amides is 2. The van der Waals surface area contributed by atoms with Gasteiger partial charge in [-0.3, -0.25) is 9.59 Å². The van der Waals surface area contributed by atoms with E-state index in [1.54, 1.807) is 20.8 Å².